The van der Waals surface area contributed by atoms with Crippen molar-refractivity contribution in [1.29, 1.82) is 0 Å². The van der Waals surface area contributed by atoms with Crippen molar-refractivity contribution in [2.24, 2.45) is 7.05 Å². The van der Waals surface area contributed by atoms with Crippen LogP contribution in [0, 0.1) is 0 Å². The van der Waals surface area contributed by atoms with Gasteiger partial charge in [0.1, 0.15) is 12.6 Å². The molecule has 0 bridgehead atoms. The van der Waals surface area contributed by atoms with Crippen molar-refractivity contribution in [1.82, 2.24) is 15.1 Å². The summed E-state index contributed by atoms with van der Waals surface area (Å²) in [5.74, 6) is -2.04. The highest BCUT2D eigenvalue weighted by Gasteiger charge is 2.29. The monoisotopic (exact) mass is 460 g/mol. The minimum Gasteiger partial charge on any atom is -0.480 e. The number of nitrogens with zero attached hydrogens (tertiary/aromatic N) is 2. The molecule has 174 valence electrons. The van der Waals surface area contributed by atoms with Crippen LogP contribution in [0.5, 0.6) is 0 Å². The Morgan fingerprint density at radius 3 is 2.35 bits per heavy atom. The van der Waals surface area contributed by atoms with E-state index in [0.717, 1.165) is 22.3 Å². The standard InChI is InChI=1S/C25H24N4O5/c1-3-8-20(24(31)32)26-23(30)22-21(13-29(2)28-22)27-25(33)34-14-19-17-11-6-4-9-15(17)16-10-5-7-12-18(16)19/h3-7,9-13,19-20H,1,8,14H2,2H3,(H,26,30)(H,27,33)(H,31,32). The highest BCUT2D eigenvalue weighted by Crippen LogP contribution is 2.44. The van der Waals surface area contributed by atoms with E-state index in [1.165, 1.54) is 17.0 Å². The largest absolute Gasteiger partial charge is 0.480 e. The Morgan fingerprint density at radius 2 is 1.76 bits per heavy atom. The smallest absolute Gasteiger partial charge is 0.411 e. The predicted octanol–water partition coefficient (Wildman–Crippen LogP) is 3.54. The van der Waals surface area contributed by atoms with Gasteiger partial charge < -0.3 is 15.2 Å². The van der Waals surface area contributed by atoms with Gasteiger partial charge in [-0.3, -0.25) is 14.8 Å². The first-order valence-corrected chi connectivity index (χ1v) is 10.7. The van der Waals surface area contributed by atoms with Crippen LogP contribution in [0.15, 0.2) is 67.4 Å². The number of carbonyl (C=O) groups excluding carboxylic acids is 2. The molecule has 2 amide bonds. The summed E-state index contributed by atoms with van der Waals surface area (Å²) in [5, 5.41) is 18.2. The molecular formula is C25H24N4O5. The van der Waals surface area contributed by atoms with Crippen molar-refractivity contribution in [2.75, 3.05) is 11.9 Å². The summed E-state index contributed by atoms with van der Waals surface area (Å²) in [5.41, 5.74) is 4.39. The second-order valence-corrected chi connectivity index (χ2v) is 7.90. The summed E-state index contributed by atoms with van der Waals surface area (Å²) in [6, 6.07) is 14.8. The third-order valence-corrected chi connectivity index (χ3v) is 5.63. The lowest BCUT2D eigenvalue weighted by Crippen LogP contribution is -2.40. The Bertz CT molecular complexity index is 1220. The molecule has 9 nitrogen and oxygen atoms in total. The van der Waals surface area contributed by atoms with Gasteiger partial charge in [-0.25, -0.2) is 9.59 Å². The molecule has 0 aliphatic heterocycles. The molecule has 34 heavy (non-hydrogen) atoms. The lowest BCUT2D eigenvalue weighted by molar-refractivity contribution is -0.139. The summed E-state index contributed by atoms with van der Waals surface area (Å²) in [6.45, 7) is 3.61. The number of anilines is 1. The Balaban J connectivity index is 1.45. The highest BCUT2D eigenvalue weighted by atomic mass is 16.5. The van der Waals surface area contributed by atoms with Gasteiger partial charge in [-0.15, -0.1) is 6.58 Å². The van der Waals surface area contributed by atoms with E-state index in [-0.39, 0.29) is 30.3 Å². The summed E-state index contributed by atoms with van der Waals surface area (Å²) in [7, 11) is 1.58. The van der Waals surface area contributed by atoms with Gasteiger partial charge in [0.15, 0.2) is 5.69 Å². The number of hydrogen-bond donors (Lipinski definition) is 3. The molecule has 0 radical (unpaired) electrons. The fourth-order valence-electron chi connectivity index (χ4n) is 4.11. The summed E-state index contributed by atoms with van der Waals surface area (Å²) < 4.78 is 6.86. The maximum Gasteiger partial charge on any atom is 0.411 e. The van der Waals surface area contributed by atoms with Crippen LogP contribution < -0.4 is 10.6 Å². The van der Waals surface area contributed by atoms with Gasteiger partial charge in [-0.2, -0.15) is 5.10 Å². The third-order valence-electron chi connectivity index (χ3n) is 5.63. The maximum absolute atomic E-state index is 12.6. The lowest BCUT2D eigenvalue weighted by atomic mass is 9.98. The van der Waals surface area contributed by atoms with Crippen LogP contribution in [0.25, 0.3) is 11.1 Å². The molecule has 0 fully saturated rings. The number of nitrogens with one attached hydrogen (secondary N) is 2. The van der Waals surface area contributed by atoms with Gasteiger partial charge >= 0.3 is 12.1 Å². The van der Waals surface area contributed by atoms with Crippen LogP contribution in [0.1, 0.15) is 34.0 Å². The number of aryl methyl sites for hydroxylation is 1. The number of carbonyl (C=O) groups is 3. The maximum atomic E-state index is 12.6. The number of carboxylic acids is 1. The van der Waals surface area contributed by atoms with Crippen molar-refractivity contribution in [3.05, 3.63) is 84.2 Å². The number of aromatic nitrogens is 2. The molecule has 1 aliphatic carbocycles. The van der Waals surface area contributed by atoms with Crippen LogP contribution in [0.4, 0.5) is 10.5 Å². The fourth-order valence-corrected chi connectivity index (χ4v) is 4.11. The molecule has 4 rings (SSSR count). The van der Waals surface area contributed by atoms with Crippen molar-refractivity contribution in [3.63, 3.8) is 0 Å². The van der Waals surface area contributed by atoms with Crippen molar-refractivity contribution < 1.29 is 24.2 Å². The summed E-state index contributed by atoms with van der Waals surface area (Å²) >= 11 is 0. The molecular weight excluding hydrogens is 436 g/mol. The molecule has 1 unspecified atom stereocenters. The summed E-state index contributed by atoms with van der Waals surface area (Å²) in [6.07, 6.45) is 2.14. The number of amides is 2. The van der Waals surface area contributed by atoms with Gasteiger partial charge in [0.25, 0.3) is 5.91 Å². The van der Waals surface area contributed by atoms with E-state index in [2.05, 4.69) is 22.3 Å². The second-order valence-electron chi connectivity index (χ2n) is 7.90. The zero-order valence-corrected chi connectivity index (χ0v) is 18.5. The number of fused-ring (bicyclic) bond motifs is 3. The number of rotatable bonds is 8. The van der Waals surface area contributed by atoms with E-state index < -0.39 is 24.0 Å². The molecule has 0 saturated heterocycles. The number of aliphatic carboxylic acids is 1. The zero-order chi connectivity index (χ0) is 24.2. The van der Waals surface area contributed by atoms with E-state index >= 15 is 0 Å². The Morgan fingerprint density at radius 1 is 1.15 bits per heavy atom. The first-order valence-electron chi connectivity index (χ1n) is 10.7. The molecule has 3 aromatic rings. The van der Waals surface area contributed by atoms with Crippen LogP contribution in [0.3, 0.4) is 0 Å². The molecule has 3 N–H and O–H groups in total. The van der Waals surface area contributed by atoms with Gasteiger partial charge in [0, 0.05) is 19.2 Å². The predicted molar refractivity (Wildman–Crippen MR) is 126 cm³/mol. The quantitative estimate of drug-likeness (QED) is 0.442. The molecule has 2 aromatic carbocycles. The molecule has 0 spiro atoms. The molecule has 9 heteroatoms. The van der Waals surface area contributed by atoms with Crippen LogP contribution >= 0.6 is 0 Å². The average Bonchev–Trinajstić information content (AvgIpc) is 3.34. The number of hydrogen-bond acceptors (Lipinski definition) is 5. The molecule has 1 heterocycles. The van der Waals surface area contributed by atoms with E-state index in [1.807, 2.05) is 48.5 Å². The van der Waals surface area contributed by atoms with E-state index in [1.54, 1.807) is 7.05 Å². The number of carboxylic acid groups (broad SMARTS) is 1. The van der Waals surface area contributed by atoms with Crippen LogP contribution in [0.2, 0.25) is 0 Å². The average molecular weight is 460 g/mol. The van der Waals surface area contributed by atoms with Crippen LogP contribution in [-0.2, 0) is 16.6 Å². The Hall–Kier alpha value is -4.40. The molecule has 1 aromatic heterocycles. The van der Waals surface area contributed by atoms with Gasteiger partial charge in [0.2, 0.25) is 0 Å². The first kappa shape index (κ1) is 22.8. The lowest BCUT2D eigenvalue weighted by Gasteiger charge is -2.15. The van der Waals surface area contributed by atoms with E-state index in [0.29, 0.717) is 0 Å². The minimum atomic E-state index is -1.20. The van der Waals surface area contributed by atoms with Gasteiger partial charge in [-0.05, 0) is 28.7 Å². The zero-order valence-electron chi connectivity index (χ0n) is 18.5. The highest BCUT2D eigenvalue weighted by molar-refractivity contribution is 6.02. The summed E-state index contributed by atoms with van der Waals surface area (Å²) in [4.78, 5) is 36.5. The molecule has 1 atom stereocenters. The SMILES string of the molecule is C=CCC(NC(=O)c1nn(C)cc1NC(=O)OCC1c2ccccc2-c2ccccc21)C(=O)O. The third kappa shape index (κ3) is 4.54. The Kier molecular flexibility index (Phi) is 6.44. The molecule has 0 saturated carbocycles. The number of benzene rings is 2. The van der Waals surface area contributed by atoms with E-state index in [4.69, 9.17) is 4.74 Å². The van der Waals surface area contributed by atoms with Crippen LogP contribution in [-0.4, -0.2) is 45.5 Å². The normalized spacial score (nSPS) is 12.9. The second kappa shape index (κ2) is 9.62. The van der Waals surface area contributed by atoms with E-state index in [9.17, 15) is 19.5 Å². The van der Waals surface area contributed by atoms with Gasteiger partial charge in [0.05, 0.1) is 5.69 Å². The number of ether oxygens (including phenoxy) is 1. The minimum absolute atomic E-state index is 0.0447. The topological polar surface area (TPSA) is 123 Å². The van der Waals surface area contributed by atoms with Crippen molar-refractivity contribution in [2.45, 2.75) is 18.4 Å². The Labute approximate surface area is 196 Å². The first-order chi connectivity index (χ1) is 16.4. The van der Waals surface area contributed by atoms with Gasteiger partial charge in [-0.1, -0.05) is 54.6 Å². The fraction of sp³-hybridized carbons (Fsp3) is 0.200. The van der Waals surface area contributed by atoms with Crippen molar-refractivity contribution in [3.8, 4) is 11.1 Å². The van der Waals surface area contributed by atoms with Crippen molar-refractivity contribution >= 4 is 23.7 Å². The molecule has 1 aliphatic rings.